The van der Waals surface area contributed by atoms with Crippen LogP contribution in [0.1, 0.15) is 41.8 Å². The van der Waals surface area contributed by atoms with Gasteiger partial charge in [-0.3, -0.25) is 19.2 Å². The van der Waals surface area contributed by atoms with Gasteiger partial charge >= 0.3 is 12.0 Å². The lowest BCUT2D eigenvalue weighted by Crippen LogP contribution is -3.11. The highest BCUT2D eigenvalue weighted by Crippen LogP contribution is 2.28. The molecule has 1 aliphatic heterocycles. The zero-order valence-corrected chi connectivity index (χ0v) is 27.4. The van der Waals surface area contributed by atoms with Crippen molar-refractivity contribution in [3.8, 4) is 0 Å². The third kappa shape index (κ3) is 9.63. The van der Waals surface area contributed by atoms with E-state index in [-0.39, 0.29) is 49.3 Å². The number of aryl methyl sites for hydroxylation is 1. The molecule has 12 heteroatoms. The van der Waals surface area contributed by atoms with Gasteiger partial charge in [-0.05, 0) is 68.3 Å². The normalized spacial score (nSPS) is 12.8. The summed E-state index contributed by atoms with van der Waals surface area (Å²) in [6.07, 6.45) is 0.0247. The van der Waals surface area contributed by atoms with E-state index in [0.717, 1.165) is 24.2 Å². The Bertz CT molecular complexity index is 1600. The standard InChI is InChI=1S/C35H42N6O6/c1-5-40(6-2)19-20-47-33(44)17-18-41-23-32(43)39(4)30-16-15-27(22-28(30)34(41)45)36-31(42)21-25-11-13-26(14-12-25)37-35(46)38-29-10-8-7-9-24(29)3/h7-16,22H,5-6,17-21,23H2,1-4H3,(H,36,42)(H2,37,38,46)/p+1. The number of nitrogens with one attached hydrogen (secondary N) is 4. The van der Waals surface area contributed by atoms with E-state index in [0.29, 0.717) is 35.9 Å². The summed E-state index contributed by atoms with van der Waals surface area (Å²) in [4.78, 5) is 68.1. The van der Waals surface area contributed by atoms with Gasteiger partial charge in [-0.25, -0.2) is 4.79 Å². The van der Waals surface area contributed by atoms with Crippen molar-refractivity contribution in [2.45, 2.75) is 33.6 Å². The van der Waals surface area contributed by atoms with Gasteiger partial charge in [-0.1, -0.05) is 30.3 Å². The molecule has 47 heavy (non-hydrogen) atoms. The summed E-state index contributed by atoms with van der Waals surface area (Å²) in [5.41, 5.74) is 4.01. The first-order valence-electron chi connectivity index (χ1n) is 15.8. The Hall–Kier alpha value is -5.23. The average Bonchev–Trinajstić information content (AvgIpc) is 3.14. The number of carbonyl (C=O) groups excluding carboxylic acids is 5. The number of amides is 5. The summed E-state index contributed by atoms with van der Waals surface area (Å²) < 4.78 is 5.35. The number of hydrogen-bond acceptors (Lipinski definition) is 6. The number of para-hydroxylation sites is 1. The van der Waals surface area contributed by atoms with Gasteiger partial charge in [0, 0.05) is 30.7 Å². The summed E-state index contributed by atoms with van der Waals surface area (Å²) in [5.74, 6) is -1.44. The molecule has 1 heterocycles. The minimum Gasteiger partial charge on any atom is -0.460 e. The van der Waals surface area contributed by atoms with Gasteiger partial charge in [0.2, 0.25) is 11.8 Å². The van der Waals surface area contributed by atoms with Gasteiger partial charge in [-0.15, -0.1) is 0 Å². The number of esters is 1. The topological polar surface area (TPSA) is 142 Å². The predicted molar refractivity (Wildman–Crippen MR) is 181 cm³/mol. The number of benzene rings is 3. The van der Waals surface area contributed by atoms with E-state index in [1.165, 1.54) is 14.7 Å². The van der Waals surface area contributed by atoms with Crippen molar-refractivity contribution in [2.24, 2.45) is 0 Å². The van der Waals surface area contributed by atoms with Crippen LogP contribution in [0.25, 0.3) is 0 Å². The summed E-state index contributed by atoms with van der Waals surface area (Å²) in [6, 6.07) is 18.8. The lowest BCUT2D eigenvalue weighted by Gasteiger charge is -2.20. The van der Waals surface area contributed by atoms with Gasteiger partial charge in [0.1, 0.15) is 19.7 Å². The molecule has 1 aliphatic rings. The van der Waals surface area contributed by atoms with Crippen molar-refractivity contribution in [2.75, 3.05) is 67.2 Å². The molecule has 4 N–H and O–H groups in total. The largest absolute Gasteiger partial charge is 0.460 e. The van der Waals surface area contributed by atoms with Crippen molar-refractivity contribution in [1.82, 2.24) is 4.90 Å². The van der Waals surface area contributed by atoms with Gasteiger partial charge in [-0.2, -0.15) is 0 Å². The number of quaternary nitrogens is 1. The average molecular weight is 644 g/mol. The predicted octanol–water partition coefficient (Wildman–Crippen LogP) is 3.10. The van der Waals surface area contributed by atoms with Crippen molar-refractivity contribution in [3.05, 3.63) is 83.4 Å². The van der Waals surface area contributed by atoms with Gasteiger partial charge in [0.05, 0.1) is 37.2 Å². The molecule has 3 aromatic rings. The van der Waals surface area contributed by atoms with Gasteiger partial charge < -0.3 is 35.4 Å². The lowest BCUT2D eigenvalue weighted by atomic mass is 10.1. The third-order valence-corrected chi connectivity index (χ3v) is 8.13. The maximum absolute atomic E-state index is 13.5. The quantitative estimate of drug-likeness (QED) is 0.211. The molecule has 5 amide bonds. The smallest absolute Gasteiger partial charge is 0.323 e. The van der Waals surface area contributed by atoms with Crippen LogP contribution < -0.4 is 25.8 Å². The van der Waals surface area contributed by atoms with Crippen LogP contribution in [0.15, 0.2) is 66.7 Å². The van der Waals surface area contributed by atoms with Crippen LogP contribution in [0, 0.1) is 6.92 Å². The second kappa shape index (κ2) is 16.4. The minimum absolute atomic E-state index is 0.0316. The van der Waals surface area contributed by atoms with Crippen LogP contribution in [0.2, 0.25) is 0 Å². The molecule has 3 aromatic carbocycles. The van der Waals surface area contributed by atoms with Crippen molar-refractivity contribution >= 4 is 52.5 Å². The van der Waals surface area contributed by atoms with Crippen molar-refractivity contribution in [1.29, 1.82) is 0 Å². The van der Waals surface area contributed by atoms with E-state index in [4.69, 9.17) is 4.74 Å². The summed E-state index contributed by atoms with van der Waals surface area (Å²) in [6.45, 7) is 8.79. The Balaban J connectivity index is 1.33. The van der Waals surface area contributed by atoms with Crippen LogP contribution in [0.3, 0.4) is 0 Å². The van der Waals surface area contributed by atoms with Crippen LogP contribution in [0.5, 0.6) is 0 Å². The molecule has 4 rings (SSSR count). The molecular formula is C35H43N6O6+. The molecule has 0 spiro atoms. The molecule has 0 aliphatic carbocycles. The molecule has 0 atom stereocenters. The number of hydrogen-bond donors (Lipinski definition) is 4. The molecule has 0 unspecified atom stereocenters. The number of fused-ring (bicyclic) bond motifs is 1. The second-order valence-electron chi connectivity index (χ2n) is 11.4. The van der Waals surface area contributed by atoms with E-state index in [1.807, 2.05) is 31.2 Å². The minimum atomic E-state index is -0.426. The van der Waals surface area contributed by atoms with Crippen LogP contribution in [-0.2, 0) is 25.5 Å². The summed E-state index contributed by atoms with van der Waals surface area (Å²) in [5, 5.41) is 8.41. The molecular weight excluding hydrogens is 600 g/mol. The first kappa shape index (κ1) is 34.6. The number of nitrogens with zero attached hydrogens (tertiary/aromatic N) is 2. The number of carbonyl (C=O) groups is 5. The Kier molecular flexibility index (Phi) is 12.1. The SMILES string of the molecule is CC[NH+](CC)CCOC(=O)CCN1CC(=O)N(C)c2ccc(NC(=O)Cc3ccc(NC(=O)Nc4ccccc4C)cc3)cc2C1=O. The number of anilines is 4. The maximum atomic E-state index is 13.5. The van der Waals surface area contributed by atoms with Gasteiger partial charge in [0.15, 0.2) is 0 Å². The number of rotatable bonds is 13. The number of likely N-dealkylation sites (N-methyl/N-ethyl adjacent to an activating group) is 2. The monoisotopic (exact) mass is 643 g/mol. The van der Waals surface area contributed by atoms with E-state index < -0.39 is 11.9 Å². The third-order valence-electron chi connectivity index (χ3n) is 8.13. The Morgan fingerprint density at radius 1 is 0.894 bits per heavy atom. The molecule has 0 saturated heterocycles. The molecule has 248 valence electrons. The molecule has 0 radical (unpaired) electrons. The maximum Gasteiger partial charge on any atom is 0.323 e. The van der Waals surface area contributed by atoms with Crippen LogP contribution in [0.4, 0.5) is 27.5 Å². The Morgan fingerprint density at radius 3 is 2.30 bits per heavy atom. The Labute approximate surface area is 275 Å². The highest BCUT2D eigenvalue weighted by Gasteiger charge is 2.30. The highest BCUT2D eigenvalue weighted by atomic mass is 16.5. The van der Waals surface area contributed by atoms with E-state index in [1.54, 1.807) is 49.5 Å². The first-order chi connectivity index (χ1) is 22.6. The van der Waals surface area contributed by atoms with Crippen LogP contribution in [-0.4, -0.2) is 81.0 Å². The van der Waals surface area contributed by atoms with E-state index in [2.05, 4.69) is 29.8 Å². The van der Waals surface area contributed by atoms with Crippen LogP contribution >= 0.6 is 0 Å². The fourth-order valence-corrected chi connectivity index (χ4v) is 5.21. The zero-order chi connectivity index (χ0) is 33.9. The lowest BCUT2D eigenvalue weighted by molar-refractivity contribution is -0.896. The summed E-state index contributed by atoms with van der Waals surface area (Å²) >= 11 is 0. The fraction of sp³-hybridized carbons (Fsp3) is 0.343. The molecule has 12 nitrogen and oxygen atoms in total. The summed E-state index contributed by atoms with van der Waals surface area (Å²) in [7, 11) is 1.59. The van der Waals surface area contributed by atoms with Crippen molar-refractivity contribution < 1.29 is 33.6 Å². The highest BCUT2D eigenvalue weighted by molar-refractivity contribution is 6.10. The fourth-order valence-electron chi connectivity index (χ4n) is 5.21. The van der Waals surface area contributed by atoms with E-state index >= 15 is 0 Å². The van der Waals surface area contributed by atoms with Crippen molar-refractivity contribution in [3.63, 3.8) is 0 Å². The number of urea groups is 1. The number of ether oxygens (including phenoxy) is 1. The Morgan fingerprint density at radius 2 is 1.60 bits per heavy atom. The van der Waals surface area contributed by atoms with E-state index in [9.17, 15) is 24.0 Å². The first-order valence-corrected chi connectivity index (χ1v) is 15.8. The molecule has 0 aromatic heterocycles. The zero-order valence-electron chi connectivity index (χ0n) is 27.4. The molecule has 0 saturated carbocycles. The molecule has 0 fully saturated rings. The van der Waals surface area contributed by atoms with Gasteiger partial charge in [0.25, 0.3) is 5.91 Å². The molecule has 0 bridgehead atoms. The second-order valence-corrected chi connectivity index (χ2v) is 11.4.